The van der Waals surface area contributed by atoms with Crippen LogP contribution in [0.15, 0.2) is 30.3 Å². The molecule has 0 spiro atoms. The fourth-order valence-electron chi connectivity index (χ4n) is 1.49. The molecule has 1 aromatic carbocycles. The van der Waals surface area contributed by atoms with Crippen LogP contribution in [0.5, 0.6) is 5.75 Å². The Morgan fingerprint density at radius 3 is 2.62 bits per heavy atom. The highest BCUT2D eigenvalue weighted by Gasteiger charge is 2.29. The smallest absolute Gasteiger partial charge is 0.133 e. The van der Waals surface area contributed by atoms with E-state index in [0.717, 1.165) is 0 Å². The van der Waals surface area contributed by atoms with Crippen molar-refractivity contribution in [3.8, 4) is 5.75 Å². The van der Waals surface area contributed by atoms with Gasteiger partial charge in [0.15, 0.2) is 0 Å². The molecule has 0 aliphatic carbocycles. The second kappa shape index (κ2) is 5.37. The minimum absolute atomic E-state index is 0.286. The molecule has 0 aliphatic heterocycles. The summed E-state index contributed by atoms with van der Waals surface area (Å²) in [5, 5.41) is 0.638. The van der Waals surface area contributed by atoms with Crippen LogP contribution in [-0.2, 0) is 4.74 Å². The summed E-state index contributed by atoms with van der Waals surface area (Å²) in [6.07, 6.45) is 1.19. The fraction of sp³-hybridized carbons (Fsp3) is 0.385. The van der Waals surface area contributed by atoms with Gasteiger partial charge in [-0.1, -0.05) is 30.3 Å². The van der Waals surface area contributed by atoms with Crippen LogP contribution in [0.2, 0.25) is 5.02 Å². The lowest BCUT2D eigenvalue weighted by Crippen LogP contribution is -2.41. The fourth-order valence-corrected chi connectivity index (χ4v) is 1.67. The largest absolute Gasteiger partial charge is 0.485 e. The molecule has 0 aliphatic rings. The van der Waals surface area contributed by atoms with Crippen LogP contribution >= 0.6 is 11.6 Å². The second-order valence-corrected chi connectivity index (χ2v) is 4.45. The highest BCUT2D eigenvalue weighted by molar-refractivity contribution is 6.30. The van der Waals surface area contributed by atoms with Gasteiger partial charge in [0.2, 0.25) is 0 Å². The first-order chi connectivity index (χ1) is 7.49. The number of hydrogen-bond acceptors (Lipinski definition) is 2. The minimum atomic E-state index is -0.547. The zero-order valence-electron chi connectivity index (χ0n) is 9.74. The van der Waals surface area contributed by atoms with E-state index in [2.05, 4.69) is 0 Å². The quantitative estimate of drug-likeness (QED) is 0.783. The lowest BCUT2D eigenvalue weighted by molar-refractivity contribution is -0.0264. The van der Waals surface area contributed by atoms with E-state index in [9.17, 15) is 0 Å². The van der Waals surface area contributed by atoms with Crippen molar-refractivity contribution < 1.29 is 9.47 Å². The van der Waals surface area contributed by atoms with Gasteiger partial charge in [-0.2, -0.15) is 0 Å². The lowest BCUT2D eigenvalue weighted by atomic mass is 10.0. The first-order valence-corrected chi connectivity index (χ1v) is 5.40. The van der Waals surface area contributed by atoms with Crippen molar-refractivity contribution in [1.82, 2.24) is 0 Å². The van der Waals surface area contributed by atoms with Crippen LogP contribution in [0.25, 0.3) is 0 Å². The summed E-state index contributed by atoms with van der Waals surface area (Å²) in [5.74, 6) is 0.696. The van der Waals surface area contributed by atoms with Crippen molar-refractivity contribution in [2.75, 3.05) is 7.11 Å². The summed E-state index contributed by atoms with van der Waals surface area (Å²) in [7, 11) is 1.59. The van der Waals surface area contributed by atoms with Crippen molar-refractivity contribution in [2.45, 2.75) is 25.6 Å². The van der Waals surface area contributed by atoms with Crippen molar-refractivity contribution in [3.63, 3.8) is 0 Å². The molecule has 0 amide bonds. The molecule has 0 heterocycles. The van der Waals surface area contributed by atoms with Gasteiger partial charge in [0, 0.05) is 12.1 Å². The Hall–Kier alpha value is -0.990. The predicted octanol–water partition coefficient (Wildman–Crippen LogP) is 3.50. The van der Waals surface area contributed by atoms with Crippen LogP contribution in [0.4, 0.5) is 0 Å². The zero-order valence-corrected chi connectivity index (χ0v) is 10.5. The molecule has 0 aromatic heterocycles. The molecular weight excluding hydrogens is 224 g/mol. The number of benzene rings is 1. The third-order valence-corrected chi connectivity index (χ3v) is 2.53. The van der Waals surface area contributed by atoms with E-state index < -0.39 is 5.60 Å². The number of hydrogen-bond donors (Lipinski definition) is 0. The molecule has 2 nitrogen and oxygen atoms in total. The molecular formula is C13H16ClO2. The van der Waals surface area contributed by atoms with Crippen LogP contribution in [0.3, 0.4) is 0 Å². The molecule has 1 aromatic rings. The third-order valence-electron chi connectivity index (χ3n) is 2.29. The van der Waals surface area contributed by atoms with Gasteiger partial charge in [0.05, 0.1) is 0 Å². The molecule has 16 heavy (non-hydrogen) atoms. The minimum Gasteiger partial charge on any atom is -0.485 e. The van der Waals surface area contributed by atoms with Gasteiger partial charge < -0.3 is 9.47 Å². The van der Waals surface area contributed by atoms with Gasteiger partial charge in [-0.05, 0) is 32.0 Å². The summed E-state index contributed by atoms with van der Waals surface area (Å²) in [4.78, 5) is 0. The summed E-state index contributed by atoms with van der Waals surface area (Å²) in [6.45, 7) is 9.31. The first-order valence-electron chi connectivity index (χ1n) is 5.02. The molecule has 1 rings (SSSR count). The molecule has 0 fully saturated rings. The molecule has 0 saturated carbocycles. The standard InChI is InChI=1S/C13H16ClO2/c1-5-12(15-4)13(2,3)16-11-8-6-7-10(14)9-11/h1,5-9,12H,2-4H3. The average molecular weight is 240 g/mol. The number of methoxy groups -OCH3 is 1. The van der Waals surface area contributed by atoms with Gasteiger partial charge >= 0.3 is 0 Å². The van der Waals surface area contributed by atoms with Crippen molar-refractivity contribution in [2.24, 2.45) is 0 Å². The highest BCUT2D eigenvalue weighted by atomic mass is 35.5. The molecule has 0 N–H and O–H groups in total. The monoisotopic (exact) mass is 239 g/mol. The Morgan fingerprint density at radius 1 is 1.44 bits per heavy atom. The van der Waals surface area contributed by atoms with Gasteiger partial charge in [-0.15, -0.1) is 0 Å². The van der Waals surface area contributed by atoms with Gasteiger partial charge in [0.25, 0.3) is 0 Å². The SMILES string of the molecule is [CH]=CC(OC)C(C)(C)Oc1cccc(Cl)c1. The maximum Gasteiger partial charge on any atom is 0.133 e. The van der Waals surface area contributed by atoms with E-state index in [1.165, 1.54) is 6.08 Å². The van der Waals surface area contributed by atoms with Gasteiger partial charge in [0.1, 0.15) is 17.5 Å². The molecule has 0 bridgehead atoms. The maximum absolute atomic E-state index is 5.88. The third kappa shape index (κ3) is 3.26. The van der Waals surface area contributed by atoms with Gasteiger partial charge in [-0.3, -0.25) is 0 Å². The first kappa shape index (κ1) is 13.1. The van der Waals surface area contributed by atoms with E-state index in [-0.39, 0.29) is 6.10 Å². The Morgan fingerprint density at radius 2 is 2.12 bits per heavy atom. The van der Waals surface area contributed by atoms with Crippen molar-refractivity contribution in [3.05, 3.63) is 41.9 Å². The van der Waals surface area contributed by atoms with Crippen LogP contribution in [0, 0.1) is 6.58 Å². The van der Waals surface area contributed by atoms with Crippen LogP contribution in [0.1, 0.15) is 13.8 Å². The predicted molar refractivity (Wildman–Crippen MR) is 65.8 cm³/mol. The van der Waals surface area contributed by atoms with Crippen LogP contribution < -0.4 is 4.74 Å². The van der Waals surface area contributed by atoms with E-state index in [4.69, 9.17) is 27.7 Å². The normalized spacial score (nSPS) is 13.2. The summed E-state index contributed by atoms with van der Waals surface area (Å²) in [6, 6.07) is 7.23. The highest BCUT2D eigenvalue weighted by Crippen LogP contribution is 2.25. The zero-order chi connectivity index (χ0) is 12.2. The van der Waals surface area contributed by atoms with E-state index in [0.29, 0.717) is 10.8 Å². The number of ether oxygens (including phenoxy) is 2. The molecule has 87 valence electrons. The topological polar surface area (TPSA) is 18.5 Å². The second-order valence-electron chi connectivity index (χ2n) is 4.01. The lowest BCUT2D eigenvalue weighted by Gasteiger charge is -2.32. The summed E-state index contributed by atoms with van der Waals surface area (Å²) < 4.78 is 11.0. The summed E-state index contributed by atoms with van der Waals surface area (Å²) >= 11 is 5.88. The van der Waals surface area contributed by atoms with Crippen molar-refractivity contribution >= 4 is 11.6 Å². The Bertz CT molecular complexity index is 361. The van der Waals surface area contributed by atoms with Gasteiger partial charge in [-0.25, -0.2) is 0 Å². The summed E-state index contributed by atoms with van der Waals surface area (Å²) in [5.41, 5.74) is -0.547. The van der Waals surface area contributed by atoms with Crippen molar-refractivity contribution in [1.29, 1.82) is 0 Å². The average Bonchev–Trinajstić information content (AvgIpc) is 2.18. The molecule has 0 saturated heterocycles. The molecule has 3 heteroatoms. The Balaban J connectivity index is 2.83. The molecule has 1 unspecified atom stereocenters. The molecule has 1 radical (unpaired) electrons. The van der Waals surface area contributed by atoms with E-state index in [1.54, 1.807) is 19.2 Å². The maximum atomic E-state index is 5.88. The van der Waals surface area contributed by atoms with Crippen LogP contribution in [-0.4, -0.2) is 18.8 Å². The van der Waals surface area contributed by atoms with E-state index in [1.807, 2.05) is 26.0 Å². The Kier molecular flexibility index (Phi) is 4.39. The Labute approximate surface area is 102 Å². The van der Waals surface area contributed by atoms with E-state index >= 15 is 0 Å². The number of rotatable bonds is 5. The number of halogens is 1. The molecule has 1 atom stereocenters.